The smallest absolute Gasteiger partial charge is 0.343 e. The number of hydrogen-bond acceptors (Lipinski definition) is 19. The fourth-order valence-electron chi connectivity index (χ4n) is 13.2. The number of unbranched alkanes of at least 4 members (excludes halogenated alkanes) is 1. The number of urea groups is 3. The second-order valence-electron chi connectivity index (χ2n) is 29.8. The van der Waals surface area contributed by atoms with Crippen molar-refractivity contribution < 1.29 is 81.7 Å². The normalized spacial score (nSPS) is 14.7. The Hall–Kier alpha value is -11.9. The summed E-state index contributed by atoms with van der Waals surface area (Å²) in [6, 6.07) is 18.4. The van der Waals surface area contributed by atoms with Gasteiger partial charge in [-0.15, -0.1) is 0 Å². The van der Waals surface area contributed by atoms with Crippen LogP contribution in [0.15, 0.2) is 140 Å². The summed E-state index contributed by atoms with van der Waals surface area (Å²) in [5.74, 6) is -8.89. The predicted molar refractivity (Wildman–Crippen MR) is 450 cm³/mol. The summed E-state index contributed by atoms with van der Waals surface area (Å²) in [6.07, 6.45) is 3.51. The number of fused-ring (bicyclic) bond motifs is 1. The summed E-state index contributed by atoms with van der Waals surface area (Å²) in [6.45, 7) is 11.8. The maximum absolute atomic E-state index is 15.4. The molecule has 1 aliphatic rings. The summed E-state index contributed by atoms with van der Waals surface area (Å²) in [5, 5.41) is 48.9. The van der Waals surface area contributed by atoms with E-state index in [0.29, 0.717) is 71.9 Å². The highest BCUT2D eigenvalue weighted by molar-refractivity contribution is 6.30. The number of benzene rings is 5. The zero-order valence-corrected chi connectivity index (χ0v) is 69.3. The highest BCUT2D eigenvalue weighted by Crippen LogP contribution is 2.23. The van der Waals surface area contributed by atoms with Crippen molar-refractivity contribution in [3.63, 3.8) is 0 Å². The van der Waals surface area contributed by atoms with Crippen LogP contribution in [-0.4, -0.2) is 218 Å². The third kappa shape index (κ3) is 32.4. The molecule has 0 radical (unpaired) electrons. The van der Waals surface area contributed by atoms with E-state index < -0.39 is 144 Å². The van der Waals surface area contributed by atoms with Gasteiger partial charge in [0.1, 0.15) is 60.4 Å². The van der Waals surface area contributed by atoms with Gasteiger partial charge in [0, 0.05) is 86.6 Å². The van der Waals surface area contributed by atoms with Crippen LogP contribution in [0.25, 0.3) is 10.8 Å². The molecule has 0 spiro atoms. The van der Waals surface area contributed by atoms with E-state index in [9.17, 15) is 43.5 Å². The van der Waals surface area contributed by atoms with Crippen molar-refractivity contribution in [2.75, 3.05) is 70.4 Å². The number of hydroxylamine groups is 1. The molecule has 5 aromatic carbocycles. The van der Waals surface area contributed by atoms with Gasteiger partial charge in [-0.2, -0.15) is 0 Å². The lowest BCUT2D eigenvalue weighted by atomic mass is 9.99. The number of carbonyl (C=O) groups excluding carboxylic acids is 13. The number of likely N-dealkylation sites (tertiary alicyclic amines) is 1. The fourth-order valence-corrected chi connectivity index (χ4v) is 13.3. The number of carbonyl (C=O) groups is 13. The predicted octanol–water partition coefficient (Wildman–Crippen LogP) is 2.88. The highest BCUT2D eigenvalue weighted by atomic mass is 35.5. The molecule has 7 rings (SSSR count). The molecule has 0 unspecified atom stereocenters. The van der Waals surface area contributed by atoms with E-state index >= 15 is 24.0 Å². The topological polar surface area (TPSA) is 506 Å². The van der Waals surface area contributed by atoms with Gasteiger partial charge in [-0.1, -0.05) is 124 Å². The van der Waals surface area contributed by atoms with Gasteiger partial charge < -0.3 is 100 Å². The number of primary amides is 2. The van der Waals surface area contributed by atoms with Crippen LogP contribution < -0.4 is 86.1 Å². The number of nitrogens with zero attached hydrogens (tertiary/aromatic N) is 2. The Labute approximate surface area is 702 Å². The number of ether oxygens (including phenoxy) is 2. The number of hydrogen-bond donors (Lipinski definition) is 17. The van der Waals surface area contributed by atoms with Gasteiger partial charge in [0.15, 0.2) is 0 Å². The third-order valence-corrected chi connectivity index (χ3v) is 19.7. The zero-order valence-electron chi connectivity index (χ0n) is 68.5. The first-order valence-electron chi connectivity index (χ1n) is 40.0. The maximum atomic E-state index is 15.4. The third-order valence-electron chi connectivity index (χ3n) is 19.4. The van der Waals surface area contributed by atoms with Crippen LogP contribution >= 0.6 is 11.6 Å². The van der Waals surface area contributed by atoms with Crippen LogP contribution in [0.5, 0.6) is 0 Å². The van der Waals surface area contributed by atoms with E-state index in [1.54, 1.807) is 50.2 Å². The Morgan fingerprint density at radius 3 is 1.56 bits per heavy atom. The van der Waals surface area contributed by atoms with E-state index in [1.165, 1.54) is 79.9 Å². The standard InChI is InChI=1S/C84H113ClN18O17/c1-8-119-39-40-120-38-36-90-83(116)101-69(46-56-20-27-58-16-9-10-17-59(58)42-56)78(111)97-65(43-53-21-28-60(85)29-22-53)75(108)98-68(47-57-15-13-34-88-48-57)77(110)100-70(49-104)79(112)99-67(45-55-25-32-62(33-26-55)93-84(117)102-118-7)76(109)96-66(44-54-23-30-61(31-24-54)92-82(87)115)74(107)95-64(41-50(2)3)73(106)94-63(18-11-12-35-89-51(4)5)81(114)103-37-14-19-71(103)80(113)91-52(6)72(86)105/h9-10,13,15-17,20-34,42,48,50-52,63-71,89,104H,8,11-12,14,18-19,35-41,43-47,49H2,1-7H3,(H2,86,105)(H,91,113)(H,94,106)(H,95,107)(H,96,109)(H,97,111)(H,98,108)(H,99,112)(H,100,110)(H3,87,92,115)(H2,90,101,116)(H2,93,102,117)/t52-,63+,64+,65-,66-,67+,68-,69-,70+,71+/m1/s1. The monoisotopic (exact) mass is 1680 g/mol. The summed E-state index contributed by atoms with van der Waals surface area (Å²) in [5.41, 5.74) is 15.9. The average Bonchev–Trinajstić information content (AvgIpc) is 1.85. The lowest BCUT2D eigenvalue weighted by molar-refractivity contribution is -0.142. The minimum atomic E-state index is -1.90. The second-order valence-corrected chi connectivity index (χ2v) is 30.2. The number of nitrogens with one attached hydrogen (secondary N) is 14. The summed E-state index contributed by atoms with van der Waals surface area (Å²) in [7, 11) is 1.23. The van der Waals surface area contributed by atoms with Gasteiger partial charge in [-0.3, -0.25) is 57.8 Å². The van der Waals surface area contributed by atoms with Crippen molar-refractivity contribution in [2.45, 2.75) is 179 Å². The number of anilines is 2. The van der Waals surface area contributed by atoms with Gasteiger partial charge in [-0.05, 0) is 146 Å². The lowest BCUT2D eigenvalue weighted by Gasteiger charge is -2.31. The molecule has 120 heavy (non-hydrogen) atoms. The number of nitrogens with two attached hydrogens (primary N) is 2. The molecule has 6 aromatic rings. The number of aliphatic hydroxyl groups excluding tert-OH is 1. The SMILES string of the molecule is CCOCCOCCNC(=O)N[C@H](Cc1ccc2ccccc2c1)C(=O)N[C@H](Cc1ccc(Cl)cc1)C(=O)N[C@H](Cc1cccnc1)C(=O)N[C@@H](CO)C(=O)N[C@@H](Cc1ccc(NC(=O)NOC)cc1)C(=O)N[C@H](Cc1ccc(NC(N)=O)cc1)C(=O)N[C@@H](CC(C)C)C(=O)N[C@@H](CCCCNC(C)C)C(=O)N1CCC[C@H]1C(=O)N[C@H](C)C(N)=O. The molecule has 36 heteroatoms. The maximum Gasteiger partial charge on any atom is 0.343 e. The molecule has 1 aliphatic heterocycles. The van der Waals surface area contributed by atoms with E-state index in [0.717, 1.165) is 10.8 Å². The van der Waals surface area contributed by atoms with E-state index in [4.69, 9.17) is 37.4 Å². The summed E-state index contributed by atoms with van der Waals surface area (Å²) < 4.78 is 10.9. The van der Waals surface area contributed by atoms with Crippen LogP contribution in [-0.2, 0) is 94.4 Å². The number of amides is 16. The largest absolute Gasteiger partial charge is 0.394 e. The quantitative estimate of drug-likeness (QED) is 0.0193. The summed E-state index contributed by atoms with van der Waals surface area (Å²) >= 11 is 6.32. The molecule has 1 aromatic heterocycles. The lowest BCUT2D eigenvalue weighted by Crippen LogP contribution is -2.62. The first kappa shape index (κ1) is 95.3. The van der Waals surface area contributed by atoms with E-state index in [-0.39, 0.29) is 101 Å². The molecule has 648 valence electrons. The molecule has 35 nitrogen and oxygen atoms in total. The van der Waals surface area contributed by atoms with Crippen molar-refractivity contribution >= 4 is 111 Å². The van der Waals surface area contributed by atoms with Crippen LogP contribution in [0, 0.1) is 5.92 Å². The molecular formula is C84H113ClN18O17. The molecule has 0 saturated carbocycles. The number of aliphatic hydroxyl groups is 1. The Kier molecular flexibility index (Phi) is 39.3. The van der Waals surface area contributed by atoms with Crippen molar-refractivity contribution in [3.05, 3.63) is 173 Å². The van der Waals surface area contributed by atoms with Gasteiger partial charge in [0.05, 0.1) is 33.5 Å². The van der Waals surface area contributed by atoms with Crippen LogP contribution in [0.1, 0.15) is 108 Å². The molecule has 1 fully saturated rings. The molecule has 10 atom stereocenters. The average molecular weight is 1680 g/mol. The molecule has 16 amide bonds. The first-order chi connectivity index (χ1) is 57.5. The van der Waals surface area contributed by atoms with Gasteiger partial charge in [0.2, 0.25) is 59.1 Å². The Morgan fingerprint density at radius 1 is 0.525 bits per heavy atom. The van der Waals surface area contributed by atoms with E-state index in [2.05, 4.69) is 79.6 Å². The van der Waals surface area contributed by atoms with Crippen molar-refractivity contribution in [2.24, 2.45) is 17.4 Å². The number of pyridine rings is 1. The molecule has 1 saturated heterocycles. The molecule has 2 heterocycles. The highest BCUT2D eigenvalue weighted by Gasteiger charge is 2.41. The first-order valence-corrected chi connectivity index (χ1v) is 40.4. The van der Waals surface area contributed by atoms with Gasteiger partial charge in [-0.25, -0.2) is 19.9 Å². The Morgan fingerprint density at radius 2 is 1.02 bits per heavy atom. The molecular weight excluding hydrogens is 1570 g/mol. The molecule has 19 N–H and O–H groups in total. The Bertz CT molecular complexity index is 4400. The van der Waals surface area contributed by atoms with Crippen LogP contribution in [0.4, 0.5) is 25.8 Å². The number of aromatic nitrogens is 1. The minimum absolute atomic E-state index is 0.0101. The minimum Gasteiger partial charge on any atom is -0.394 e. The number of rotatable bonds is 48. The van der Waals surface area contributed by atoms with Crippen LogP contribution in [0.2, 0.25) is 5.02 Å². The molecule has 0 aliphatic carbocycles. The van der Waals surface area contributed by atoms with E-state index in [1.807, 2.05) is 63.2 Å². The number of halogens is 1. The Balaban J connectivity index is 1.19. The van der Waals surface area contributed by atoms with Gasteiger partial charge >= 0.3 is 18.1 Å². The van der Waals surface area contributed by atoms with Crippen molar-refractivity contribution in [1.29, 1.82) is 0 Å². The second kappa shape index (κ2) is 49.5. The van der Waals surface area contributed by atoms with Crippen molar-refractivity contribution in [3.8, 4) is 0 Å². The zero-order chi connectivity index (χ0) is 87.2. The fraction of sp³-hybridized carbons (Fsp3) is 0.452. The van der Waals surface area contributed by atoms with Gasteiger partial charge in [0.25, 0.3) is 0 Å². The van der Waals surface area contributed by atoms with Crippen molar-refractivity contribution in [1.82, 2.24) is 73.8 Å². The molecule has 0 bridgehead atoms. The van der Waals surface area contributed by atoms with Crippen LogP contribution in [0.3, 0.4) is 0 Å². The summed E-state index contributed by atoms with van der Waals surface area (Å²) in [4.78, 5) is 195.